The molecule has 0 aliphatic heterocycles. The minimum absolute atomic E-state index is 0.181. The molecule has 0 bridgehead atoms. The molecular formula is C16H13Cl2N3O3S2. The fourth-order valence-electron chi connectivity index (χ4n) is 2.13. The van der Waals surface area contributed by atoms with Gasteiger partial charge in [-0.15, -0.1) is 10.2 Å². The third kappa shape index (κ3) is 4.64. The molecule has 6 nitrogen and oxygen atoms in total. The first-order valence-corrected chi connectivity index (χ1v) is 10.5. The summed E-state index contributed by atoms with van der Waals surface area (Å²) in [4.78, 5) is 0. The molecule has 2 aromatic carbocycles. The van der Waals surface area contributed by atoms with Crippen molar-refractivity contribution in [1.82, 2.24) is 10.2 Å². The summed E-state index contributed by atoms with van der Waals surface area (Å²) in [5, 5.41) is 9.42. The van der Waals surface area contributed by atoms with Crippen LogP contribution in [0.1, 0.15) is 5.56 Å². The smallest absolute Gasteiger partial charge is 0.238 e. The normalized spacial score (nSPS) is 11.3. The van der Waals surface area contributed by atoms with Crippen molar-refractivity contribution in [2.24, 2.45) is 0 Å². The lowest BCUT2D eigenvalue weighted by Gasteiger charge is -2.06. The molecule has 26 heavy (non-hydrogen) atoms. The Morgan fingerprint density at radius 3 is 2.50 bits per heavy atom. The van der Waals surface area contributed by atoms with Crippen molar-refractivity contribution in [3.8, 4) is 16.3 Å². The number of benzene rings is 2. The van der Waals surface area contributed by atoms with E-state index >= 15 is 0 Å². The zero-order chi connectivity index (χ0) is 18.7. The molecule has 3 rings (SSSR count). The molecule has 0 spiro atoms. The predicted molar refractivity (Wildman–Crippen MR) is 105 cm³/mol. The zero-order valence-corrected chi connectivity index (χ0v) is 16.6. The van der Waals surface area contributed by atoms with E-state index in [9.17, 15) is 8.42 Å². The van der Waals surface area contributed by atoms with Gasteiger partial charge in [-0.05, 0) is 42.0 Å². The maximum atomic E-state index is 12.4. The molecule has 0 saturated carbocycles. The summed E-state index contributed by atoms with van der Waals surface area (Å²) >= 11 is 13.0. The molecule has 0 atom stereocenters. The van der Waals surface area contributed by atoms with Crippen molar-refractivity contribution in [3.05, 3.63) is 58.1 Å². The van der Waals surface area contributed by atoms with E-state index in [1.54, 1.807) is 31.4 Å². The van der Waals surface area contributed by atoms with Crippen LogP contribution in [-0.2, 0) is 15.8 Å². The maximum absolute atomic E-state index is 12.4. The minimum Gasteiger partial charge on any atom is -0.497 e. The molecule has 136 valence electrons. The number of hydrogen-bond acceptors (Lipinski definition) is 6. The molecule has 1 N–H and O–H groups in total. The summed E-state index contributed by atoms with van der Waals surface area (Å²) in [5.41, 5.74) is 1.26. The van der Waals surface area contributed by atoms with Crippen LogP contribution >= 0.6 is 34.5 Å². The van der Waals surface area contributed by atoms with Crippen molar-refractivity contribution in [2.45, 2.75) is 5.75 Å². The van der Waals surface area contributed by atoms with E-state index in [-0.39, 0.29) is 10.9 Å². The van der Waals surface area contributed by atoms with E-state index < -0.39 is 10.0 Å². The first kappa shape index (κ1) is 18.9. The molecule has 0 radical (unpaired) electrons. The van der Waals surface area contributed by atoms with Crippen LogP contribution in [0.25, 0.3) is 10.6 Å². The van der Waals surface area contributed by atoms with Crippen molar-refractivity contribution in [1.29, 1.82) is 0 Å². The van der Waals surface area contributed by atoms with Gasteiger partial charge in [-0.25, -0.2) is 8.42 Å². The lowest BCUT2D eigenvalue weighted by molar-refractivity contribution is 0.415. The quantitative estimate of drug-likeness (QED) is 0.625. The molecule has 0 unspecified atom stereocenters. The highest BCUT2D eigenvalue weighted by Gasteiger charge is 2.17. The average molecular weight is 430 g/mol. The van der Waals surface area contributed by atoms with Crippen LogP contribution in [0.5, 0.6) is 5.75 Å². The first-order chi connectivity index (χ1) is 12.4. The van der Waals surface area contributed by atoms with Gasteiger partial charge in [-0.3, -0.25) is 4.72 Å². The highest BCUT2D eigenvalue weighted by atomic mass is 35.5. The monoisotopic (exact) mass is 429 g/mol. The van der Waals surface area contributed by atoms with Gasteiger partial charge in [0.1, 0.15) is 10.8 Å². The fourth-order valence-corrected chi connectivity index (χ4v) is 4.87. The van der Waals surface area contributed by atoms with E-state index in [1.807, 2.05) is 12.1 Å². The second-order valence-electron chi connectivity index (χ2n) is 5.24. The summed E-state index contributed by atoms with van der Waals surface area (Å²) in [6.07, 6.45) is 0. The average Bonchev–Trinajstić information content (AvgIpc) is 3.05. The van der Waals surface area contributed by atoms with Gasteiger partial charge in [0.05, 0.1) is 12.9 Å². The van der Waals surface area contributed by atoms with Gasteiger partial charge >= 0.3 is 0 Å². The van der Waals surface area contributed by atoms with E-state index in [0.29, 0.717) is 20.6 Å². The molecule has 10 heteroatoms. The number of anilines is 1. The Morgan fingerprint density at radius 2 is 1.85 bits per heavy atom. The number of nitrogens with zero attached hydrogens (tertiary/aromatic N) is 2. The standard InChI is InChI=1S/C16H13Cl2N3O3S2/c1-24-13-6-3-10(4-7-13)15-19-20-16(25-15)21-26(22,23)9-11-2-5-12(17)8-14(11)18/h2-8H,9H2,1H3,(H,20,21). The number of hydrogen-bond donors (Lipinski definition) is 1. The van der Waals surface area contributed by atoms with Gasteiger partial charge < -0.3 is 4.74 Å². The zero-order valence-electron chi connectivity index (χ0n) is 13.4. The van der Waals surface area contributed by atoms with Crippen LogP contribution in [0, 0.1) is 0 Å². The second kappa shape index (κ2) is 7.79. The van der Waals surface area contributed by atoms with E-state index in [4.69, 9.17) is 27.9 Å². The van der Waals surface area contributed by atoms with Gasteiger partial charge in [-0.1, -0.05) is 40.6 Å². The molecule has 1 heterocycles. The third-order valence-corrected chi connectivity index (χ3v) is 6.16. The van der Waals surface area contributed by atoms with Crippen LogP contribution in [0.2, 0.25) is 10.0 Å². The van der Waals surface area contributed by atoms with E-state index in [2.05, 4.69) is 14.9 Å². The lowest BCUT2D eigenvalue weighted by Crippen LogP contribution is -2.15. The topological polar surface area (TPSA) is 81.2 Å². The Balaban J connectivity index is 1.74. The summed E-state index contributed by atoms with van der Waals surface area (Å²) < 4.78 is 32.2. The van der Waals surface area contributed by atoms with Crippen molar-refractivity contribution < 1.29 is 13.2 Å². The highest BCUT2D eigenvalue weighted by Crippen LogP contribution is 2.29. The highest BCUT2D eigenvalue weighted by molar-refractivity contribution is 7.92. The maximum Gasteiger partial charge on any atom is 0.238 e. The number of aromatic nitrogens is 2. The molecular weight excluding hydrogens is 417 g/mol. The first-order valence-electron chi connectivity index (χ1n) is 7.28. The van der Waals surface area contributed by atoms with Gasteiger partial charge in [0.25, 0.3) is 0 Å². The summed E-state index contributed by atoms with van der Waals surface area (Å²) in [6.45, 7) is 0. The number of sulfonamides is 1. The fraction of sp³-hybridized carbons (Fsp3) is 0.125. The van der Waals surface area contributed by atoms with E-state index in [0.717, 1.165) is 22.6 Å². The predicted octanol–water partition coefficient (Wildman–Crippen LogP) is 4.46. The summed E-state index contributed by atoms with van der Waals surface area (Å²) in [7, 11) is -2.11. The lowest BCUT2D eigenvalue weighted by atomic mass is 10.2. The molecule has 0 aliphatic carbocycles. The van der Waals surface area contributed by atoms with Crippen LogP contribution in [0.4, 0.5) is 5.13 Å². The Labute approximate surface area is 164 Å². The minimum atomic E-state index is -3.69. The van der Waals surface area contributed by atoms with Crippen LogP contribution in [0.3, 0.4) is 0 Å². The Kier molecular flexibility index (Phi) is 5.67. The Morgan fingerprint density at radius 1 is 1.12 bits per heavy atom. The molecule has 0 fully saturated rings. The Bertz CT molecular complexity index is 1020. The van der Waals surface area contributed by atoms with Crippen molar-refractivity contribution in [3.63, 3.8) is 0 Å². The number of ether oxygens (including phenoxy) is 1. The molecule has 0 saturated heterocycles. The summed E-state index contributed by atoms with van der Waals surface area (Å²) in [6, 6.07) is 11.9. The second-order valence-corrected chi connectivity index (χ2v) is 8.78. The summed E-state index contributed by atoms with van der Waals surface area (Å²) in [5.74, 6) is 0.430. The Hall–Kier alpha value is -1.87. The van der Waals surface area contributed by atoms with Gasteiger partial charge in [0, 0.05) is 15.6 Å². The molecule has 1 aromatic heterocycles. The van der Waals surface area contributed by atoms with Crippen molar-refractivity contribution >= 4 is 49.7 Å². The van der Waals surface area contributed by atoms with Gasteiger partial charge in [0.15, 0.2) is 0 Å². The number of nitrogens with one attached hydrogen (secondary N) is 1. The van der Waals surface area contributed by atoms with Crippen LogP contribution < -0.4 is 9.46 Å². The number of halogens is 2. The van der Waals surface area contributed by atoms with E-state index in [1.165, 1.54) is 6.07 Å². The SMILES string of the molecule is COc1ccc(-c2nnc(NS(=O)(=O)Cc3ccc(Cl)cc3Cl)s2)cc1. The van der Waals surface area contributed by atoms with Gasteiger partial charge in [-0.2, -0.15) is 0 Å². The van der Waals surface area contributed by atoms with Gasteiger partial charge in [0.2, 0.25) is 15.2 Å². The van der Waals surface area contributed by atoms with Crippen LogP contribution in [-0.4, -0.2) is 25.7 Å². The number of methoxy groups -OCH3 is 1. The van der Waals surface area contributed by atoms with Crippen LogP contribution in [0.15, 0.2) is 42.5 Å². The molecule has 3 aromatic rings. The molecule has 0 amide bonds. The van der Waals surface area contributed by atoms with Crippen molar-refractivity contribution in [2.75, 3.05) is 11.8 Å². The number of rotatable bonds is 6. The third-order valence-electron chi connectivity index (χ3n) is 3.37. The largest absolute Gasteiger partial charge is 0.497 e. The molecule has 0 aliphatic rings.